The molecule has 6 nitrogen and oxygen atoms in total. The van der Waals surface area contributed by atoms with Crippen molar-refractivity contribution in [3.8, 4) is 0 Å². The van der Waals surface area contributed by atoms with E-state index in [2.05, 4.69) is 19.9 Å². The average Bonchev–Trinajstić information content (AvgIpc) is 2.67. The molecule has 0 aromatic carbocycles. The summed E-state index contributed by atoms with van der Waals surface area (Å²) >= 11 is 1.43. The molecular formula is C12H11N5OS. The monoisotopic (exact) mass is 273 g/mol. The number of rotatable bonds is 2. The lowest BCUT2D eigenvalue weighted by molar-refractivity contribution is 1.13. The van der Waals surface area contributed by atoms with Gasteiger partial charge in [-0.15, -0.1) is 0 Å². The summed E-state index contributed by atoms with van der Waals surface area (Å²) in [6.45, 7) is 1.89. The van der Waals surface area contributed by atoms with Gasteiger partial charge in [0.1, 0.15) is 10.7 Å². The van der Waals surface area contributed by atoms with Crippen molar-refractivity contribution in [2.24, 2.45) is 0 Å². The van der Waals surface area contributed by atoms with Crippen LogP contribution in [0, 0.1) is 6.92 Å². The molecule has 0 saturated carbocycles. The Morgan fingerprint density at radius 1 is 1.32 bits per heavy atom. The number of nitrogen functional groups attached to an aromatic ring is 1. The molecule has 0 radical (unpaired) electrons. The van der Waals surface area contributed by atoms with Crippen LogP contribution in [0.25, 0.3) is 11.0 Å². The Hall–Kier alpha value is -2.28. The molecule has 19 heavy (non-hydrogen) atoms. The molecule has 96 valence electrons. The summed E-state index contributed by atoms with van der Waals surface area (Å²) < 4.78 is 0. The molecule has 0 aliphatic heterocycles. The van der Waals surface area contributed by atoms with Crippen LogP contribution >= 0.6 is 11.8 Å². The van der Waals surface area contributed by atoms with Crippen molar-refractivity contribution in [1.82, 2.24) is 19.9 Å². The molecule has 0 unspecified atom stereocenters. The first kappa shape index (κ1) is 11.8. The van der Waals surface area contributed by atoms with Gasteiger partial charge in [-0.1, -0.05) is 17.8 Å². The summed E-state index contributed by atoms with van der Waals surface area (Å²) in [7, 11) is 0. The number of anilines is 1. The van der Waals surface area contributed by atoms with Crippen LogP contribution in [0.5, 0.6) is 0 Å². The fraction of sp³-hybridized carbons (Fsp3) is 0.0833. The average molecular weight is 273 g/mol. The van der Waals surface area contributed by atoms with Crippen molar-refractivity contribution < 1.29 is 0 Å². The highest BCUT2D eigenvalue weighted by molar-refractivity contribution is 7.99. The number of aromatic amines is 2. The molecule has 0 spiro atoms. The van der Waals surface area contributed by atoms with Crippen molar-refractivity contribution in [3.63, 3.8) is 0 Å². The van der Waals surface area contributed by atoms with Crippen LogP contribution in [0.2, 0.25) is 0 Å². The van der Waals surface area contributed by atoms with Gasteiger partial charge in [0.05, 0.1) is 5.39 Å². The van der Waals surface area contributed by atoms with E-state index in [-0.39, 0.29) is 11.5 Å². The number of nitrogens with two attached hydrogens (primary N) is 1. The molecule has 0 amide bonds. The SMILES string of the molecule is Cc1[nH]c2nc(N)[nH]c(=O)c2c1Sc1ccccn1. The topological polar surface area (TPSA) is 100 Å². The molecule has 3 aromatic heterocycles. The van der Waals surface area contributed by atoms with Gasteiger partial charge in [0.25, 0.3) is 5.56 Å². The highest BCUT2D eigenvalue weighted by atomic mass is 32.2. The zero-order chi connectivity index (χ0) is 13.4. The van der Waals surface area contributed by atoms with Crippen LogP contribution in [-0.2, 0) is 0 Å². The third-order valence-corrected chi connectivity index (χ3v) is 3.82. The molecule has 0 saturated heterocycles. The van der Waals surface area contributed by atoms with Gasteiger partial charge >= 0.3 is 0 Å². The highest BCUT2D eigenvalue weighted by Crippen LogP contribution is 2.33. The number of aromatic nitrogens is 4. The van der Waals surface area contributed by atoms with Crippen LogP contribution in [0.15, 0.2) is 39.1 Å². The third-order valence-electron chi connectivity index (χ3n) is 2.66. The van der Waals surface area contributed by atoms with Gasteiger partial charge in [0.15, 0.2) is 0 Å². The molecule has 3 aromatic rings. The summed E-state index contributed by atoms with van der Waals surface area (Å²) in [5.41, 5.74) is 6.65. The number of fused-ring (bicyclic) bond motifs is 1. The van der Waals surface area contributed by atoms with Crippen molar-refractivity contribution in [3.05, 3.63) is 40.4 Å². The minimum Gasteiger partial charge on any atom is -0.369 e. The van der Waals surface area contributed by atoms with Crippen molar-refractivity contribution in [2.45, 2.75) is 16.8 Å². The van der Waals surface area contributed by atoms with Gasteiger partial charge in [-0.2, -0.15) is 4.98 Å². The van der Waals surface area contributed by atoms with Crippen LogP contribution in [-0.4, -0.2) is 19.9 Å². The second-order valence-corrected chi connectivity index (χ2v) is 5.05. The van der Waals surface area contributed by atoms with E-state index in [1.165, 1.54) is 11.8 Å². The zero-order valence-corrected chi connectivity index (χ0v) is 10.9. The highest BCUT2D eigenvalue weighted by Gasteiger charge is 2.15. The number of aryl methyl sites for hydroxylation is 1. The quantitative estimate of drug-likeness (QED) is 0.659. The Labute approximate surface area is 112 Å². The van der Waals surface area contributed by atoms with E-state index in [0.29, 0.717) is 11.0 Å². The molecule has 0 fully saturated rings. The molecule has 3 rings (SSSR count). The third kappa shape index (κ3) is 2.08. The van der Waals surface area contributed by atoms with Crippen molar-refractivity contribution in [1.29, 1.82) is 0 Å². The number of pyridine rings is 1. The van der Waals surface area contributed by atoms with Crippen LogP contribution in [0.3, 0.4) is 0 Å². The Kier molecular flexibility index (Phi) is 2.75. The minimum absolute atomic E-state index is 0.105. The maximum absolute atomic E-state index is 12.0. The maximum atomic E-state index is 12.0. The number of hydrogen-bond acceptors (Lipinski definition) is 5. The largest absolute Gasteiger partial charge is 0.369 e. The van der Waals surface area contributed by atoms with Crippen molar-refractivity contribution >= 4 is 28.7 Å². The van der Waals surface area contributed by atoms with E-state index in [0.717, 1.165) is 15.6 Å². The van der Waals surface area contributed by atoms with Gasteiger partial charge in [-0.25, -0.2) is 4.98 Å². The van der Waals surface area contributed by atoms with E-state index in [1.54, 1.807) is 6.20 Å². The number of nitrogens with one attached hydrogen (secondary N) is 2. The van der Waals surface area contributed by atoms with Gasteiger partial charge in [0, 0.05) is 16.8 Å². The Bertz CT molecular complexity index is 793. The Balaban J connectivity index is 2.19. The lowest BCUT2D eigenvalue weighted by Gasteiger charge is -2.00. The molecular weight excluding hydrogens is 262 g/mol. The second-order valence-electron chi connectivity index (χ2n) is 4.02. The number of nitrogens with zero attached hydrogens (tertiary/aromatic N) is 2. The minimum atomic E-state index is -0.245. The van der Waals surface area contributed by atoms with Crippen LogP contribution in [0.4, 0.5) is 5.95 Å². The fourth-order valence-corrected chi connectivity index (χ4v) is 2.82. The summed E-state index contributed by atoms with van der Waals surface area (Å²) in [6, 6.07) is 5.64. The Morgan fingerprint density at radius 2 is 2.16 bits per heavy atom. The van der Waals surface area contributed by atoms with Crippen LogP contribution < -0.4 is 11.3 Å². The second kappa shape index (κ2) is 4.43. The van der Waals surface area contributed by atoms with E-state index in [9.17, 15) is 4.79 Å². The molecule has 0 aliphatic carbocycles. The molecule has 0 bridgehead atoms. The van der Waals surface area contributed by atoms with Crippen LogP contribution in [0.1, 0.15) is 5.69 Å². The summed E-state index contributed by atoms with van der Waals surface area (Å²) in [6.07, 6.45) is 1.72. The fourth-order valence-electron chi connectivity index (χ4n) is 1.85. The maximum Gasteiger partial charge on any atom is 0.262 e. The van der Waals surface area contributed by atoms with Gasteiger partial charge < -0.3 is 10.7 Å². The molecule has 0 aliphatic rings. The standard InChI is InChI=1S/C12H11N5OS/c1-6-9(19-7-4-2-3-5-14-7)8-10(15-6)16-12(13)17-11(8)18/h2-5H,1H3,(H4,13,15,16,17,18). The van der Waals surface area contributed by atoms with Gasteiger partial charge in [-0.3, -0.25) is 9.78 Å². The number of hydrogen-bond donors (Lipinski definition) is 3. The molecule has 7 heteroatoms. The predicted molar refractivity (Wildman–Crippen MR) is 74.2 cm³/mol. The lowest BCUT2D eigenvalue weighted by Crippen LogP contribution is -2.10. The van der Waals surface area contributed by atoms with E-state index in [1.807, 2.05) is 25.1 Å². The predicted octanol–water partition coefficient (Wildman–Crippen LogP) is 1.69. The van der Waals surface area contributed by atoms with Crippen molar-refractivity contribution in [2.75, 3.05) is 5.73 Å². The summed E-state index contributed by atoms with van der Waals surface area (Å²) in [5.74, 6) is 0.105. The van der Waals surface area contributed by atoms with Gasteiger partial charge in [-0.05, 0) is 19.1 Å². The van der Waals surface area contributed by atoms with E-state index >= 15 is 0 Å². The summed E-state index contributed by atoms with van der Waals surface area (Å²) in [5, 5.41) is 1.34. The van der Waals surface area contributed by atoms with Gasteiger partial charge in [0.2, 0.25) is 5.95 Å². The normalized spacial score (nSPS) is 11.0. The Morgan fingerprint density at radius 3 is 2.89 bits per heavy atom. The molecule has 4 N–H and O–H groups in total. The first-order chi connectivity index (χ1) is 9.15. The smallest absolute Gasteiger partial charge is 0.262 e. The first-order valence-corrected chi connectivity index (χ1v) is 6.44. The lowest BCUT2D eigenvalue weighted by atomic mass is 10.4. The summed E-state index contributed by atoms with van der Waals surface area (Å²) in [4.78, 5) is 26.7. The zero-order valence-electron chi connectivity index (χ0n) is 10.1. The van der Waals surface area contributed by atoms with E-state index < -0.39 is 0 Å². The van der Waals surface area contributed by atoms with E-state index in [4.69, 9.17) is 5.73 Å². The number of H-pyrrole nitrogens is 2. The molecule has 0 atom stereocenters. The molecule has 3 heterocycles. The first-order valence-electron chi connectivity index (χ1n) is 5.62.